The summed E-state index contributed by atoms with van der Waals surface area (Å²) in [5.74, 6) is 0.624. The summed E-state index contributed by atoms with van der Waals surface area (Å²) >= 11 is 0. The second-order valence-corrected chi connectivity index (χ2v) is 31.9. The highest BCUT2D eigenvalue weighted by atomic mass is 15.2. The van der Waals surface area contributed by atoms with E-state index in [1.54, 1.807) is 11.1 Å². The minimum absolute atomic E-state index is 0.0155. The van der Waals surface area contributed by atoms with E-state index in [9.17, 15) is 0 Å². The van der Waals surface area contributed by atoms with E-state index in [0.29, 0.717) is 5.92 Å². The van der Waals surface area contributed by atoms with Gasteiger partial charge in [-0.1, -0.05) is 251 Å². The van der Waals surface area contributed by atoms with Gasteiger partial charge in [0.1, 0.15) is 0 Å². The SMILES string of the molecule is Cc1cc(N(c2ccc(C(C)(C)C)cc2)c2ccc(C(C)(C)C)cc2)cc2c1B(c1cccc3c1CC1(C)CCCCC31C)c1ccc(N(c3ccc(C(C)(C)C)cc3)c3ccc(C(C)(C)C)cc3)cc1N2C1([C@@H](C)C(C)C)CC=C1c1ccccc1. The Morgan fingerprint density at radius 3 is 1.39 bits per heavy atom. The van der Waals surface area contributed by atoms with E-state index < -0.39 is 5.54 Å². The summed E-state index contributed by atoms with van der Waals surface area (Å²) in [7, 11) is 0. The summed E-state index contributed by atoms with van der Waals surface area (Å²) in [5.41, 5.74) is 26.3. The fourth-order valence-corrected chi connectivity index (χ4v) is 16.0. The molecule has 0 bridgehead atoms. The Morgan fingerprint density at radius 2 is 0.931 bits per heavy atom. The van der Waals surface area contributed by atoms with Crippen LogP contribution in [0, 0.1) is 24.2 Å². The lowest BCUT2D eigenvalue weighted by molar-refractivity contribution is 0.110. The van der Waals surface area contributed by atoms with Gasteiger partial charge in [0.2, 0.25) is 6.71 Å². The van der Waals surface area contributed by atoms with Crippen molar-refractivity contribution >= 4 is 74.2 Å². The van der Waals surface area contributed by atoms with Crippen molar-refractivity contribution in [3.63, 3.8) is 0 Å². The lowest BCUT2D eigenvalue weighted by atomic mass is 9.33. The number of hydrogen-bond donors (Lipinski definition) is 0. The molecule has 1 saturated carbocycles. The highest BCUT2D eigenvalue weighted by Crippen LogP contribution is 2.60. The van der Waals surface area contributed by atoms with E-state index in [0.717, 1.165) is 41.3 Å². The van der Waals surface area contributed by atoms with Crippen LogP contribution >= 0.6 is 0 Å². The smallest absolute Gasteiger partial charge is 0.247 e. The van der Waals surface area contributed by atoms with E-state index >= 15 is 0 Å². The normalized spacial score (nSPS) is 20.5. The zero-order valence-corrected chi connectivity index (χ0v) is 56.1. The van der Waals surface area contributed by atoms with E-state index in [4.69, 9.17) is 0 Å². The molecule has 4 heteroatoms. The molecule has 87 heavy (non-hydrogen) atoms. The largest absolute Gasteiger partial charge is 0.331 e. The summed E-state index contributed by atoms with van der Waals surface area (Å²) in [4.78, 5) is 8.02. The van der Waals surface area contributed by atoms with E-state index in [1.807, 2.05) is 0 Å². The molecule has 0 amide bonds. The highest BCUT2D eigenvalue weighted by Gasteiger charge is 2.57. The van der Waals surface area contributed by atoms with Crippen LogP contribution in [-0.2, 0) is 33.5 Å². The van der Waals surface area contributed by atoms with Gasteiger partial charge in [-0.05, 0) is 205 Å². The van der Waals surface area contributed by atoms with Crippen LogP contribution in [0.5, 0.6) is 0 Å². The number of rotatable bonds is 11. The molecule has 3 unspecified atom stereocenters. The molecule has 8 aromatic carbocycles. The molecule has 448 valence electrons. The van der Waals surface area contributed by atoms with Crippen molar-refractivity contribution < 1.29 is 0 Å². The molecule has 0 radical (unpaired) electrons. The monoisotopic (exact) mass is 1150 g/mol. The third kappa shape index (κ3) is 10.3. The molecule has 8 aromatic rings. The van der Waals surface area contributed by atoms with Gasteiger partial charge < -0.3 is 14.7 Å². The number of benzene rings is 8. The van der Waals surface area contributed by atoms with Crippen LogP contribution < -0.4 is 31.1 Å². The fourth-order valence-electron chi connectivity index (χ4n) is 16.0. The highest BCUT2D eigenvalue weighted by molar-refractivity contribution is 6.98. The quantitative estimate of drug-likeness (QED) is 0.120. The van der Waals surface area contributed by atoms with Gasteiger partial charge in [0, 0.05) is 45.5 Å². The topological polar surface area (TPSA) is 9.72 Å². The van der Waals surface area contributed by atoms with Gasteiger partial charge in [-0.2, -0.15) is 0 Å². The summed E-state index contributed by atoms with van der Waals surface area (Å²) in [6.45, 7) is 43.0. The van der Waals surface area contributed by atoms with Crippen LogP contribution in [0.2, 0.25) is 0 Å². The summed E-state index contributed by atoms with van der Waals surface area (Å²) in [5, 5.41) is 0. The Bertz CT molecular complexity index is 3760. The third-order valence-electron chi connectivity index (χ3n) is 21.9. The lowest BCUT2D eigenvalue weighted by Gasteiger charge is -2.58. The zero-order valence-electron chi connectivity index (χ0n) is 56.1. The van der Waals surface area contributed by atoms with E-state index in [1.165, 1.54) is 98.1 Å². The second-order valence-electron chi connectivity index (χ2n) is 31.9. The molecule has 3 aliphatic carbocycles. The number of fused-ring (bicyclic) bond motifs is 5. The maximum absolute atomic E-state index is 2.93. The van der Waals surface area contributed by atoms with Gasteiger partial charge in [0.05, 0.1) is 5.54 Å². The van der Waals surface area contributed by atoms with Crippen LogP contribution in [0.4, 0.5) is 45.5 Å². The maximum Gasteiger partial charge on any atom is 0.247 e. The predicted molar refractivity (Wildman–Crippen MR) is 378 cm³/mol. The summed E-state index contributed by atoms with van der Waals surface area (Å²) < 4.78 is 0. The molecule has 1 aliphatic heterocycles. The Morgan fingerprint density at radius 1 is 0.471 bits per heavy atom. The van der Waals surface area contributed by atoms with Crippen LogP contribution in [-0.4, -0.2) is 12.3 Å². The third-order valence-corrected chi connectivity index (χ3v) is 21.9. The molecule has 1 heterocycles. The number of anilines is 8. The van der Waals surface area contributed by atoms with Crippen molar-refractivity contribution in [3.8, 4) is 0 Å². The molecule has 12 rings (SSSR count). The number of hydrogen-bond acceptors (Lipinski definition) is 3. The molecular formula is C83H98BN3. The first-order valence-corrected chi connectivity index (χ1v) is 33.0. The molecule has 0 saturated heterocycles. The first-order valence-electron chi connectivity index (χ1n) is 33.0. The first kappa shape index (κ1) is 60.3. The molecule has 3 nitrogen and oxygen atoms in total. The standard InChI is InChI=1S/C83H98BN3/c1-55(2)57(4)83(50-47-70(83)58-25-20-19-21-26-58)87-74-52-67(85(63-37-29-59(30-38-63)77(5,6)7)64-39-31-60(32-40-64)78(8,9)10)45-46-73(74)84(72-28-24-27-71-69(72)54-81(17)48-22-23-49-82(71,81)18)76-56(3)51-68(53-75(76)87)86(65-41-33-61(34-42-65)79(11,12)13)66-43-35-62(36-44-66)80(14,15)16/h19-21,24-47,51-53,55,57H,22-23,48-50,54H2,1-18H3/t57-,81?,82?,83?/m0/s1. The van der Waals surface area contributed by atoms with Crippen molar-refractivity contribution in [3.05, 3.63) is 227 Å². The average molecular weight is 1150 g/mol. The fraction of sp³-hybridized carbons (Fsp3) is 0.398. The Hall–Kier alpha value is -7.04. The minimum Gasteiger partial charge on any atom is -0.331 e. The van der Waals surface area contributed by atoms with Gasteiger partial charge in [-0.25, -0.2) is 0 Å². The van der Waals surface area contributed by atoms with E-state index in [-0.39, 0.29) is 45.1 Å². The van der Waals surface area contributed by atoms with Gasteiger partial charge in [-0.15, -0.1) is 0 Å². The van der Waals surface area contributed by atoms with Gasteiger partial charge in [0.15, 0.2) is 0 Å². The summed E-state index contributed by atoms with van der Waals surface area (Å²) in [6.07, 6.45) is 9.70. The van der Waals surface area contributed by atoms with Gasteiger partial charge >= 0.3 is 0 Å². The molecule has 4 atom stereocenters. The molecule has 0 N–H and O–H groups in total. The first-order chi connectivity index (χ1) is 41.0. The van der Waals surface area contributed by atoms with Crippen molar-refractivity contribution in [1.82, 2.24) is 0 Å². The molecule has 1 fully saturated rings. The Kier molecular flexibility index (Phi) is 15.0. The van der Waals surface area contributed by atoms with E-state index in [2.05, 4.69) is 321 Å². The van der Waals surface area contributed by atoms with Crippen molar-refractivity contribution in [2.45, 2.75) is 196 Å². The number of aryl methyl sites for hydroxylation is 1. The lowest BCUT2D eigenvalue weighted by Crippen LogP contribution is -2.66. The van der Waals surface area contributed by atoms with Crippen LogP contribution in [0.3, 0.4) is 0 Å². The van der Waals surface area contributed by atoms with Crippen LogP contribution in [0.15, 0.2) is 182 Å². The van der Waals surface area contributed by atoms with Gasteiger partial charge in [0.25, 0.3) is 0 Å². The van der Waals surface area contributed by atoms with Crippen molar-refractivity contribution in [1.29, 1.82) is 0 Å². The molecule has 0 spiro atoms. The average Bonchev–Trinajstić information content (AvgIpc) is 1.41. The van der Waals surface area contributed by atoms with Crippen molar-refractivity contribution in [2.75, 3.05) is 14.7 Å². The molecule has 4 aliphatic rings. The minimum atomic E-state index is -0.413. The van der Waals surface area contributed by atoms with Crippen LogP contribution in [0.25, 0.3) is 5.57 Å². The Balaban J connectivity index is 1.19. The predicted octanol–water partition coefficient (Wildman–Crippen LogP) is 21.0. The summed E-state index contributed by atoms with van der Waals surface area (Å²) in [6, 6.07) is 69.5. The molecular weight excluding hydrogens is 1050 g/mol. The maximum atomic E-state index is 2.93. The molecule has 0 aromatic heterocycles. The zero-order chi connectivity index (χ0) is 62.0. The van der Waals surface area contributed by atoms with Crippen LogP contribution in [0.1, 0.15) is 194 Å². The Labute approximate surface area is 525 Å². The number of nitrogens with zero attached hydrogens (tertiary/aromatic N) is 3. The van der Waals surface area contributed by atoms with Gasteiger partial charge in [-0.3, -0.25) is 0 Å². The second kappa shape index (κ2) is 21.6. The van der Waals surface area contributed by atoms with Crippen molar-refractivity contribution in [2.24, 2.45) is 17.3 Å².